The summed E-state index contributed by atoms with van der Waals surface area (Å²) in [5.74, 6) is -0.186. The van der Waals surface area contributed by atoms with Crippen LogP contribution < -0.4 is 10.9 Å². The van der Waals surface area contributed by atoms with Crippen LogP contribution in [0.5, 0.6) is 0 Å². The van der Waals surface area contributed by atoms with Gasteiger partial charge in [-0.1, -0.05) is 18.2 Å². The molecule has 0 aromatic heterocycles. The summed E-state index contributed by atoms with van der Waals surface area (Å²) in [7, 11) is 1.66. The Morgan fingerprint density at radius 1 is 1.36 bits per heavy atom. The second-order valence-electron chi connectivity index (χ2n) is 9.06. The number of carbonyl (C=O) groups is 1. The topological polar surface area (TPSA) is 87.5 Å². The Morgan fingerprint density at radius 2 is 2.12 bits per heavy atom. The molecule has 4 aliphatic rings. The molecule has 0 radical (unpaired) electrons. The van der Waals surface area contributed by atoms with E-state index in [1.165, 1.54) is 6.08 Å². The van der Waals surface area contributed by atoms with Crippen LogP contribution in [0, 0.1) is 11.3 Å². The van der Waals surface area contributed by atoms with Crippen molar-refractivity contribution in [3.05, 3.63) is 23.8 Å². The number of hydrogen-bond acceptors (Lipinski definition) is 6. The Morgan fingerprint density at radius 3 is 2.82 bits per heavy atom. The van der Waals surface area contributed by atoms with Crippen molar-refractivity contribution in [2.24, 2.45) is 21.3 Å². The van der Waals surface area contributed by atoms with Gasteiger partial charge in [0, 0.05) is 51.6 Å². The molecule has 0 spiro atoms. The van der Waals surface area contributed by atoms with E-state index in [1.54, 1.807) is 20.2 Å². The van der Waals surface area contributed by atoms with Crippen molar-refractivity contribution < 1.29 is 27.4 Å². The molecule has 3 unspecified atom stereocenters. The first-order chi connectivity index (χ1) is 15.7. The van der Waals surface area contributed by atoms with E-state index in [0.29, 0.717) is 6.04 Å². The Labute approximate surface area is 191 Å². The van der Waals surface area contributed by atoms with Gasteiger partial charge in [-0.25, -0.2) is 10.4 Å². The second-order valence-corrected chi connectivity index (χ2v) is 9.06. The van der Waals surface area contributed by atoms with Gasteiger partial charge >= 0.3 is 6.18 Å². The summed E-state index contributed by atoms with van der Waals surface area (Å²) in [6.45, 7) is 4.46. The van der Waals surface area contributed by atoms with Crippen LogP contribution in [0.3, 0.4) is 0 Å². The first kappa shape index (κ1) is 24.1. The van der Waals surface area contributed by atoms with Crippen LogP contribution in [0.1, 0.15) is 19.8 Å². The fourth-order valence-electron chi connectivity index (χ4n) is 4.88. The van der Waals surface area contributed by atoms with Crippen LogP contribution >= 0.6 is 0 Å². The van der Waals surface area contributed by atoms with Crippen LogP contribution in [-0.4, -0.2) is 87.2 Å². The minimum atomic E-state index is -4.45. The average Bonchev–Trinajstić information content (AvgIpc) is 3.36. The molecule has 3 saturated heterocycles. The molecule has 4 atom stereocenters. The molecule has 3 aliphatic heterocycles. The summed E-state index contributed by atoms with van der Waals surface area (Å²) in [5.41, 5.74) is 3.97. The summed E-state index contributed by atoms with van der Waals surface area (Å²) >= 11 is 0. The quantitative estimate of drug-likeness (QED) is 0.596. The third kappa shape index (κ3) is 5.21. The van der Waals surface area contributed by atoms with Gasteiger partial charge in [0.15, 0.2) is 0 Å². The highest BCUT2D eigenvalue weighted by Crippen LogP contribution is 2.39. The van der Waals surface area contributed by atoms with Crippen LogP contribution in [0.25, 0.3) is 0 Å². The number of fused-ring (bicyclic) bond motifs is 1. The zero-order chi connectivity index (χ0) is 23.6. The lowest BCUT2D eigenvalue weighted by Gasteiger charge is -2.30. The molecule has 1 amide bonds. The van der Waals surface area contributed by atoms with Crippen molar-refractivity contribution in [2.75, 3.05) is 40.0 Å². The number of hydrogen-bond donors (Lipinski definition) is 2. The molecular formula is C22H30F3N5O3. The summed E-state index contributed by atoms with van der Waals surface area (Å²) in [5, 5.41) is 0. The molecule has 0 aromatic rings. The summed E-state index contributed by atoms with van der Waals surface area (Å²) < 4.78 is 50.6. The number of nitrogens with zero attached hydrogens (tertiary/aromatic N) is 3. The number of likely N-dealkylation sites (tertiary alicyclic amines) is 1. The van der Waals surface area contributed by atoms with E-state index >= 15 is 0 Å². The molecule has 4 rings (SSSR count). The van der Waals surface area contributed by atoms with Crippen molar-refractivity contribution in [3.63, 3.8) is 0 Å². The lowest BCUT2D eigenvalue weighted by molar-refractivity contribution is -0.116. The highest BCUT2D eigenvalue weighted by Gasteiger charge is 2.47. The highest BCUT2D eigenvalue weighted by molar-refractivity contribution is 5.95. The third-order valence-corrected chi connectivity index (χ3v) is 6.88. The fourth-order valence-corrected chi connectivity index (χ4v) is 4.88. The number of amidine groups is 1. The molecule has 1 aliphatic carbocycles. The molecule has 0 aromatic carbocycles. The van der Waals surface area contributed by atoms with Gasteiger partial charge in [0.2, 0.25) is 0 Å². The number of halogens is 3. The zero-order valence-electron chi connectivity index (χ0n) is 18.8. The molecule has 3 heterocycles. The molecular weight excluding hydrogens is 439 g/mol. The maximum Gasteiger partial charge on any atom is 0.416 e. The molecule has 3 fully saturated rings. The van der Waals surface area contributed by atoms with Gasteiger partial charge in [-0.15, -0.1) is 0 Å². The number of hydrazine groups is 1. The molecule has 33 heavy (non-hydrogen) atoms. The van der Waals surface area contributed by atoms with E-state index in [-0.39, 0.29) is 24.4 Å². The van der Waals surface area contributed by atoms with Crippen molar-refractivity contribution >= 4 is 18.0 Å². The van der Waals surface area contributed by atoms with Gasteiger partial charge in [-0.05, 0) is 19.8 Å². The van der Waals surface area contributed by atoms with Gasteiger partial charge in [0.25, 0.3) is 5.91 Å². The van der Waals surface area contributed by atoms with E-state index in [1.807, 2.05) is 0 Å². The number of amides is 1. The molecule has 8 nitrogen and oxygen atoms in total. The molecule has 0 saturated carbocycles. The monoisotopic (exact) mass is 469 g/mol. The maximum absolute atomic E-state index is 13.2. The van der Waals surface area contributed by atoms with Crippen molar-refractivity contribution in [1.82, 2.24) is 15.8 Å². The second kappa shape index (κ2) is 9.65. The first-order valence-electron chi connectivity index (χ1n) is 11.2. The van der Waals surface area contributed by atoms with Gasteiger partial charge in [0.05, 0.1) is 23.1 Å². The van der Waals surface area contributed by atoms with E-state index < -0.39 is 29.1 Å². The Hall–Kier alpha value is -2.08. The Kier molecular flexibility index (Phi) is 7.04. The largest absolute Gasteiger partial charge is 0.416 e. The third-order valence-electron chi connectivity index (χ3n) is 6.88. The minimum Gasteiger partial charge on any atom is -0.381 e. The van der Waals surface area contributed by atoms with E-state index in [0.717, 1.165) is 51.3 Å². The Bertz CT molecular complexity index is 866. The predicted molar refractivity (Wildman–Crippen MR) is 117 cm³/mol. The maximum atomic E-state index is 13.2. The first-order valence-corrected chi connectivity index (χ1v) is 11.2. The molecule has 182 valence electrons. The summed E-state index contributed by atoms with van der Waals surface area (Å²) in [6, 6.07) is 0.0591. The van der Waals surface area contributed by atoms with E-state index in [2.05, 4.69) is 25.7 Å². The highest BCUT2D eigenvalue weighted by atomic mass is 19.4. The lowest BCUT2D eigenvalue weighted by Crippen LogP contribution is -2.38. The van der Waals surface area contributed by atoms with Crippen molar-refractivity contribution in [1.29, 1.82) is 0 Å². The smallest absolute Gasteiger partial charge is 0.381 e. The fraction of sp³-hybridized carbons (Fsp3) is 0.682. The van der Waals surface area contributed by atoms with E-state index in [4.69, 9.17) is 9.47 Å². The summed E-state index contributed by atoms with van der Waals surface area (Å²) in [4.78, 5) is 23.1. The number of ether oxygens (including phenoxy) is 2. The van der Waals surface area contributed by atoms with Crippen molar-refractivity contribution in [3.8, 4) is 0 Å². The van der Waals surface area contributed by atoms with Crippen LogP contribution in [0.15, 0.2) is 33.8 Å². The van der Waals surface area contributed by atoms with Gasteiger partial charge < -0.3 is 14.9 Å². The molecule has 11 heteroatoms. The Balaban J connectivity index is 1.37. The lowest BCUT2D eigenvalue weighted by atomic mass is 9.77. The van der Waals surface area contributed by atoms with Crippen LogP contribution in [-0.2, 0) is 14.3 Å². The van der Waals surface area contributed by atoms with Crippen LogP contribution in [0.2, 0.25) is 0 Å². The van der Waals surface area contributed by atoms with Gasteiger partial charge in [-0.2, -0.15) is 13.2 Å². The number of aliphatic imine (C=N–C) groups is 2. The SMILES string of the molecule is CO[C@H]1CN(C2CCOCC2)CC1C=NC(=O)CN=C1NNC2C=CC(C(F)(F)F)=CC12C. The molecule has 0 bridgehead atoms. The number of rotatable bonds is 5. The number of methoxy groups -OCH3 is 1. The van der Waals surface area contributed by atoms with Gasteiger partial charge in [0.1, 0.15) is 12.4 Å². The number of alkyl halides is 3. The number of carbonyl (C=O) groups excluding carboxylic acids is 1. The predicted octanol–water partition coefficient (Wildman–Crippen LogP) is 1.65. The standard InChI is InChI=1S/C22H30F3N5O3/c1-21-9-15(22(23,24)25)3-4-18(21)28-29-20(21)27-11-19(31)26-10-14-12-30(13-17(14)32-2)16-5-7-33-8-6-16/h3-4,9-10,14,16-18,28H,5-8,11-13H2,1-2H3,(H,27,29)/t14?,17-,18?,21?/m0/s1. The van der Waals surface area contributed by atoms with E-state index in [9.17, 15) is 18.0 Å². The van der Waals surface area contributed by atoms with Gasteiger partial charge in [-0.3, -0.25) is 14.7 Å². The number of allylic oxidation sites excluding steroid dienone is 2. The molecule has 2 N–H and O–H groups in total. The average molecular weight is 470 g/mol. The van der Waals surface area contributed by atoms with Crippen molar-refractivity contribution in [2.45, 2.75) is 44.1 Å². The number of nitrogens with one attached hydrogen (secondary N) is 2. The zero-order valence-corrected chi connectivity index (χ0v) is 18.8. The van der Waals surface area contributed by atoms with Crippen LogP contribution in [0.4, 0.5) is 13.2 Å². The summed E-state index contributed by atoms with van der Waals surface area (Å²) in [6.07, 6.45) is 2.75. The minimum absolute atomic E-state index is 0.0108. The normalized spacial score (nSPS) is 34.6.